The third kappa shape index (κ3) is 1.86. The molecule has 11 heavy (non-hydrogen) atoms. The highest BCUT2D eigenvalue weighted by molar-refractivity contribution is 14.1. The van der Waals surface area contributed by atoms with E-state index in [0.717, 1.165) is 0 Å². The molecule has 5 heteroatoms. The number of nitrogens with zero attached hydrogens (tertiary/aromatic N) is 1. The smallest absolute Gasteiger partial charge is 0.158 e. The zero-order valence-electron chi connectivity index (χ0n) is 6.62. The summed E-state index contributed by atoms with van der Waals surface area (Å²) in [5.74, 6) is 0. The maximum atomic E-state index is 11.4. The van der Waals surface area contributed by atoms with Gasteiger partial charge in [0.25, 0.3) is 0 Å². The van der Waals surface area contributed by atoms with E-state index >= 15 is 0 Å². The van der Waals surface area contributed by atoms with Crippen molar-refractivity contribution in [3.63, 3.8) is 0 Å². The normalized spacial score (nSPS) is 22.2. The standard InChI is InChI=1S/C6H12INO2S/c1-5(2)11(9,10)6-3-8(7)4-6/h5-6H,3-4H2,1-2H3. The largest absolute Gasteiger partial charge is 0.245 e. The van der Waals surface area contributed by atoms with E-state index in [1.165, 1.54) is 0 Å². The van der Waals surface area contributed by atoms with Gasteiger partial charge in [-0.1, -0.05) is 0 Å². The van der Waals surface area contributed by atoms with Crippen LogP contribution in [-0.4, -0.2) is 35.1 Å². The lowest BCUT2D eigenvalue weighted by molar-refractivity contribution is 0.370. The third-order valence-electron chi connectivity index (χ3n) is 1.93. The fraction of sp³-hybridized carbons (Fsp3) is 1.00. The highest BCUT2D eigenvalue weighted by Gasteiger charge is 2.37. The lowest BCUT2D eigenvalue weighted by Gasteiger charge is -2.34. The fourth-order valence-electron chi connectivity index (χ4n) is 0.981. The van der Waals surface area contributed by atoms with Crippen molar-refractivity contribution >= 4 is 32.7 Å². The molecule has 1 aliphatic rings. The summed E-state index contributed by atoms with van der Waals surface area (Å²) in [5.41, 5.74) is 0. The summed E-state index contributed by atoms with van der Waals surface area (Å²) in [5, 5.41) is -0.336. The van der Waals surface area contributed by atoms with Gasteiger partial charge in [0.05, 0.1) is 10.5 Å². The van der Waals surface area contributed by atoms with Gasteiger partial charge in [-0.05, 0) is 13.8 Å². The first-order valence-electron chi connectivity index (χ1n) is 3.58. The second-order valence-corrected chi connectivity index (χ2v) is 7.24. The number of halogens is 1. The van der Waals surface area contributed by atoms with Gasteiger partial charge in [-0.25, -0.2) is 11.5 Å². The Morgan fingerprint density at radius 2 is 1.91 bits per heavy atom. The summed E-state index contributed by atoms with van der Waals surface area (Å²) in [7, 11) is -2.82. The molecule has 0 aromatic carbocycles. The maximum absolute atomic E-state index is 11.4. The van der Waals surface area contributed by atoms with E-state index < -0.39 is 9.84 Å². The van der Waals surface area contributed by atoms with Gasteiger partial charge in [-0.2, -0.15) is 0 Å². The molecule has 3 nitrogen and oxygen atoms in total. The topological polar surface area (TPSA) is 37.4 Å². The van der Waals surface area contributed by atoms with Crippen molar-refractivity contribution in [1.29, 1.82) is 0 Å². The van der Waals surface area contributed by atoms with Gasteiger partial charge in [0.2, 0.25) is 0 Å². The van der Waals surface area contributed by atoms with Crippen LogP contribution in [0.25, 0.3) is 0 Å². The number of rotatable bonds is 2. The molecule has 0 atom stereocenters. The van der Waals surface area contributed by atoms with Crippen molar-refractivity contribution in [2.75, 3.05) is 13.1 Å². The zero-order chi connectivity index (χ0) is 8.65. The first kappa shape index (κ1) is 9.73. The van der Waals surface area contributed by atoms with Gasteiger partial charge in [0.1, 0.15) is 0 Å². The van der Waals surface area contributed by atoms with Crippen LogP contribution < -0.4 is 0 Å². The molecule has 0 saturated carbocycles. The van der Waals surface area contributed by atoms with Gasteiger partial charge in [0, 0.05) is 36.0 Å². The van der Waals surface area contributed by atoms with Crippen LogP contribution in [0.2, 0.25) is 0 Å². The van der Waals surface area contributed by atoms with Crippen molar-refractivity contribution in [2.24, 2.45) is 0 Å². The Hall–Kier alpha value is 0.640. The van der Waals surface area contributed by atoms with Crippen LogP contribution >= 0.6 is 22.9 Å². The SMILES string of the molecule is CC(C)S(=O)(=O)C1CN(I)C1. The Labute approximate surface area is 81.6 Å². The van der Waals surface area contributed by atoms with E-state index in [1.807, 2.05) is 3.11 Å². The molecule has 0 unspecified atom stereocenters. The lowest BCUT2D eigenvalue weighted by Crippen LogP contribution is -2.51. The van der Waals surface area contributed by atoms with Crippen LogP contribution in [0, 0.1) is 0 Å². The summed E-state index contributed by atoms with van der Waals surface area (Å²) in [4.78, 5) is 0. The first-order chi connectivity index (χ1) is 4.94. The average Bonchev–Trinajstić information content (AvgIpc) is 1.80. The molecular weight excluding hydrogens is 277 g/mol. The van der Waals surface area contributed by atoms with Gasteiger partial charge in [-0.3, -0.25) is 0 Å². The molecule has 1 heterocycles. The molecular formula is C6H12INO2S. The minimum Gasteiger partial charge on any atom is -0.245 e. The predicted molar refractivity (Wildman–Crippen MR) is 53.4 cm³/mol. The molecule has 1 aliphatic heterocycles. The molecule has 0 N–H and O–H groups in total. The average molecular weight is 289 g/mol. The molecule has 1 saturated heterocycles. The summed E-state index contributed by atoms with van der Waals surface area (Å²) in [6.45, 7) is 4.87. The van der Waals surface area contributed by atoms with Crippen molar-refractivity contribution in [3.05, 3.63) is 0 Å². The van der Waals surface area contributed by atoms with E-state index in [4.69, 9.17) is 0 Å². The highest BCUT2D eigenvalue weighted by atomic mass is 127. The number of hydrogen-bond acceptors (Lipinski definition) is 3. The molecule has 0 amide bonds. The molecule has 66 valence electrons. The fourth-order valence-corrected chi connectivity index (χ4v) is 4.01. The van der Waals surface area contributed by atoms with Gasteiger partial charge < -0.3 is 0 Å². The minimum atomic E-state index is -2.82. The molecule has 0 aromatic rings. The Balaban J connectivity index is 2.62. The van der Waals surface area contributed by atoms with E-state index in [0.29, 0.717) is 13.1 Å². The molecule has 1 fully saturated rings. The van der Waals surface area contributed by atoms with Gasteiger partial charge >= 0.3 is 0 Å². The van der Waals surface area contributed by atoms with E-state index in [2.05, 4.69) is 22.9 Å². The van der Waals surface area contributed by atoms with Gasteiger partial charge in [-0.15, -0.1) is 0 Å². The lowest BCUT2D eigenvalue weighted by atomic mass is 10.3. The quantitative estimate of drug-likeness (QED) is 0.558. The minimum absolute atomic E-state index is 0.112. The summed E-state index contributed by atoms with van der Waals surface area (Å²) in [6, 6.07) is 0. The summed E-state index contributed by atoms with van der Waals surface area (Å²) in [6.07, 6.45) is 0. The Kier molecular flexibility index (Phi) is 2.81. The highest BCUT2D eigenvalue weighted by Crippen LogP contribution is 2.22. The molecule has 0 aliphatic carbocycles. The second-order valence-electron chi connectivity index (χ2n) is 3.09. The van der Waals surface area contributed by atoms with E-state index in [9.17, 15) is 8.42 Å². The molecule has 0 spiro atoms. The first-order valence-corrected chi connectivity index (χ1v) is 6.15. The van der Waals surface area contributed by atoms with Crippen LogP contribution in [0.15, 0.2) is 0 Å². The Morgan fingerprint density at radius 1 is 1.45 bits per heavy atom. The molecule has 0 radical (unpaired) electrons. The summed E-state index contributed by atoms with van der Waals surface area (Å²) < 4.78 is 24.8. The summed E-state index contributed by atoms with van der Waals surface area (Å²) >= 11 is 2.14. The monoisotopic (exact) mass is 289 g/mol. The second kappa shape index (κ2) is 3.18. The van der Waals surface area contributed by atoms with Crippen molar-refractivity contribution < 1.29 is 8.42 Å². The van der Waals surface area contributed by atoms with Gasteiger partial charge in [0.15, 0.2) is 9.84 Å². The maximum Gasteiger partial charge on any atom is 0.158 e. The van der Waals surface area contributed by atoms with Crippen LogP contribution in [0.4, 0.5) is 0 Å². The van der Waals surface area contributed by atoms with Crippen LogP contribution in [0.3, 0.4) is 0 Å². The Bertz CT molecular complexity index is 231. The zero-order valence-corrected chi connectivity index (χ0v) is 9.59. The van der Waals surface area contributed by atoms with Crippen molar-refractivity contribution in [2.45, 2.75) is 24.3 Å². The van der Waals surface area contributed by atoms with Crippen molar-refractivity contribution in [3.8, 4) is 0 Å². The predicted octanol–water partition coefficient (Wildman–Crippen LogP) is 0.844. The van der Waals surface area contributed by atoms with Crippen LogP contribution in [0.1, 0.15) is 13.8 Å². The Morgan fingerprint density at radius 3 is 2.18 bits per heavy atom. The molecule has 1 rings (SSSR count). The number of hydrogen-bond donors (Lipinski definition) is 0. The third-order valence-corrected chi connectivity index (χ3v) is 5.25. The van der Waals surface area contributed by atoms with Crippen molar-refractivity contribution in [1.82, 2.24) is 3.11 Å². The molecule has 0 bridgehead atoms. The number of sulfone groups is 1. The van der Waals surface area contributed by atoms with Crippen LogP contribution in [-0.2, 0) is 9.84 Å². The van der Waals surface area contributed by atoms with E-state index in [-0.39, 0.29) is 10.5 Å². The van der Waals surface area contributed by atoms with E-state index in [1.54, 1.807) is 13.8 Å². The van der Waals surface area contributed by atoms with Crippen LogP contribution in [0.5, 0.6) is 0 Å². The molecule has 0 aromatic heterocycles.